The number of unbranched alkanes of at least 4 members (excludes halogenated alkanes) is 2. The van der Waals surface area contributed by atoms with Crippen molar-refractivity contribution in [1.82, 2.24) is 0 Å². The van der Waals surface area contributed by atoms with Crippen LogP contribution in [0.4, 0.5) is 0 Å². The van der Waals surface area contributed by atoms with Gasteiger partial charge in [0.2, 0.25) is 0 Å². The van der Waals surface area contributed by atoms with Crippen LogP contribution in [0.1, 0.15) is 134 Å². The number of aliphatic hydroxyl groups excluding tert-OH is 4. The number of aliphatic hydroxyl groups is 4. The molecule has 38 heavy (non-hydrogen) atoms. The first-order valence-corrected chi connectivity index (χ1v) is 15.8. The largest absolute Gasteiger partial charge is 0.472 e. The van der Waals surface area contributed by atoms with Crippen molar-refractivity contribution in [3.8, 4) is 0 Å². The normalized spacial score (nSPS) is 13.4. The van der Waals surface area contributed by atoms with E-state index in [1.807, 2.05) is 0 Å². The van der Waals surface area contributed by atoms with Gasteiger partial charge in [-0.1, -0.05) is 66.2 Å². The summed E-state index contributed by atoms with van der Waals surface area (Å²) in [4.78, 5) is 9.77. The van der Waals surface area contributed by atoms with Crippen LogP contribution in [-0.4, -0.2) is 62.9 Å². The molecule has 0 heterocycles. The van der Waals surface area contributed by atoms with E-state index in [1.54, 1.807) is 55.4 Å². The van der Waals surface area contributed by atoms with Crippen LogP contribution >= 0.6 is 7.82 Å². The second kappa shape index (κ2) is 37.7. The van der Waals surface area contributed by atoms with Crippen molar-refractivity contribution in [1.29, 1.82) is 0 Å². The van der Waals surface area contributed by atoms with Crippen molar-refractivity contribution in [3.05, 3.63) is 0 Å². The average Bonchev–Trinajstić information content (AvgIpc) is 2.72. The summed E-state index contributed by atoms with van der Waals surface area (Å²) >= 11 is 0. The number of phosphoric ester groups is 1. The molecule has 10 heteroatoms. The molecule has 0 aromatic rings. The van der Waals surface area contributed by atoms with Gasteiger partial charge in [-0.15, -0.1) is 0 Å². The van der Waals surface area contributed by atoms with E-state index in [0.717, 1.165) is 51.4 Å². The van der Waals surface area contributed by atoms with Crippen LogP contribution in [0.3, 0.4) is 0 Å². The van der Waals surface area contributed by atoms with Gasteiger partial charge < -0.3 is 25.3 Å². The van der Waals surface area contributed by atoms with Gasteiger partial charge in [0.15, 0.2) is 0 Å². The second-order valence-corrected chi connectivity index (χ2v) is 11.7. The molecule has 0 radical (unpaired) electrons. The maximum atomic E-state index is 11.9. The molecular formula is C28H67O8PTi. The zero-order valence-corrected chi connectivity index (χ0v) is 29.4. The van der Waals surface area contributed by atoms with E-state index in [-0.39, 0.29) is 46.1 Å². The van der Waals surface area contributed by atoms with Crippen LogP contribution in [-0.2, 0) is 35.3 Å². The molecule has 0 fully saturated rings. The number of hydrogen-bond acceptors (Lipinski definition) is 7. The summed E-state index contributed by atoms with van der Waals surface area (Å²) in [5.41, 5.74) is 0. The third kappa shape index (κ3) is 76.7. The van der Waals surface area contributed by atoms with Gasteiger partial charge in [-0.25, -0.2) is 4.57 Å². The van der Waals surface area contributed by atoms with Gasteiger partial charge in [-0.05, 0) is 80.1 Å². The minimum Gasteiger partial charge on any atom is -0.394 e. The first-order chi connectivity index (χ1) is 16.9. The molecule has 0 aromatic heterocycles. The Morgan fingerprint density at radius 2 is 0.789 bits per heavy atom. The molecule has 2 unspecified atom stereocenters. The van der Waals surface area contributed by atoms with E-state index in [0.29, 0.717) is 25.0 Å². The van der Waals surface area contributed by atoms with Gasteiger partial charge >= 0.3 is 7.82 Å². The molecule has 5 N–H and O–H groups in total. The molecule has 0 rings (SSSR count). The fourth-order valence-electron chi connectivity index (χ4n) is 2.23. The topological polar surface area (TPSA) is 137 Å². The summed E-state index contributed by atoms with van der Waals surface area (Å²) < 4.78 is 22.2. The smallest absolute Gasteiger partial charge is 0.394 e. The maximum absolute atomic E-state index is 11.9. The summed E-state index contributed by atoms with van der Waals surface area (Å²) in [7, 11) is -3.89. The molecule has 0 bridgehead atoms. The Kier molecular flexibility index (Phi) is 51.0. The number of rotatable bonds is 14. The van der Waals surface area contributed by atoms with Crippen LogP contribution in [0, 0.1) is 11.8 Å². The van der Waals surface area contributed by atoms with Gasteiger partial charge in [-0.2, -0.15) is 0 Å². The maximum Gasteiger partial charge on any atom is 0.472 e. The van der Waals surface area contributed by atoms with Crippen LogP contribution in [0.15, 0.2) is 0 Å². The van der Waals surface area contributed by atoms with Crippen LogP contribution in [0.25, 0.3) is 0 Å². The third-order valence-electron chi connectivity index (χ3n) is 4.03. The monoisotopic (exact) mass is 610 g/mol. The number of phosphoric acid groups is 1. The van der Waals surface area contributed by atoms with E-state index in [1.165, 1.54) is 0 Å². The summed E-state index contributed by atoms with van der Waals surface area (Å²) in [6.45, 7) is 22.9. The predicted molar refractivity (Wildman–Crippen MR) is 158 cm³/mol. The van der Waals surface area contributed by atoms with Crippen molar-refractivity contribution in [3.63, 3.8) is 0 Å². The molecule has 0 saturated carbocycles. The van der Waals surface area contributed by atoms with E-state index in [9.17, 15) is 9.46 Å². The zero-order valence-electron chi connectivity index (χ0n) is 26.9. The first-order valence-electron chi connectivity index (χ1n) is 14.3. The van der Waals surface area contributed by atoms with Crippen molar-refractivity contribution in [2.24, 2.45) is 11.8 Å². The van der Waals surface area contributed by atoms with Gasteiger partial charge in [0, 0.05) is 46.1 Å². The van der Waals surface area contributed by atoms with E-state index >= 15 is 0 Å². The summed E-state index contributed by atoms with van der Waals surface area (Å²) in [5.74, 6) is 0.687. The van der Waals surface area contributed by atoms with E-state index in [4.69, 9.17) is 29.5 Å². The SMILES string of the molecule is CC(C)O.CC(C)O.CC(C)O.CC(C)O.CCCCC(CC)COP(=O)(O)OCC(CC)CCCC.[Ti]. The minimum atomic E-state index is -3.89. The number of hydrogen-bond donors (Lipinski definition) is 5. The predicted octanol–water partition coefficient (Wildman–Crippen LogP) is 7.10. The molecular weight excluding hydrogens is 543 g/mol. The van der Waals surface area contributed by atoms with Gasteiger partial charge in [0.1, 0.15) is 0 Å². The van der Waals surface area contributed by atoms with E-state index < -0.39 is 7.82 Å². The van der Waals surface area contributed by atoms with Crippen molar-refractivity contribution in [2.45, 2.75) is 159 Å². The Bertz CT molecular complexity index is 394. The molecule has 2 atom stereocenters. The summed E-state index contributed by atoms with van der Waals surface area (Å²) in [6, 6.07) is 0. The molecule has 0 saturated heterocycles. The molecule has 8 nitrogen and oxygen atoms in total. The Morgan fingerprint density at radius 3 is 0.947 bits per heavy atom. The van der Waals surface area contributed by atoms with Gasteiger partial charge in [0.25, 0.3) is 0 Å². The standard InChI is InChI=1S/C16H35O4P.4C3H8O.Ti/c1-5-9-11-15(7-3)13-19-21(17,18)20-14-16(8-4)12-10-6-2;4*1-3(2)4;/h15-16H,5-14H2,1-4H3,(H,17,18);4*3-4H,1-2H3;. The Morgan fingerprint density at radius 1 is 0.579 bits per heavy atom. The molecule has 0 spiro atoms. The molecule has 236 valence electrons. The minimum absolute atomic E-state index is 0. The Balaban J connectivity index is -0.000000122. The zero-order chi connectivity index (χ0) is 30.4. The molecule has 0 amide bonds. The average molecular weight is 611 g/mol. The van der Waals surface area contributed by atoms with Crippen LogP contribution < -0.4 is 0 Å². The third-order valence-corrected chi connectivity index (χ3v) is 4.98. The van der Waals surface area contributed by atoms with Crippen molar-refractivity contribution >= 4 is 7.82 Å². The molecule has 0 aliphatic rings. The Hall–Kier alpha value is 0.664. The molecule has 0 aliphatic carbocycles. The Labute approximate surface area is 251 Å². The summed E-state index contributed by atoms with van der Waals surface area (Å²) in [5, 5.41) is 32.2. The summed E-state index contributed by atoms with van der Waals surface area (Å²) in [6.07, 6.45) is 7.89. The molecule has 0 aromatic carbocycles. The quantitative estimate of drug-likeness (QED) is 0.104. The van der Waals surface area contributed by atoms with E-state index in [2.05, 4.69) is 27.7 Å². The van der Waals surface area contributed by atoms with Gasteiger partial charge in [0.05, 0.1) is 13.2 Å². The fraction of sp³-hybridized carbons (Fsp3) is 1.00. The molecule has 0 aliphatic heterocycles. The van der Waals surface area contributed by atoms with Crippen LogP contribution in [0.5, 0.6) is 0 Å². The first kappa shape index (κ1) is 51.4. The fourth-order valence-corrected chi connectivity index (χ4v) is 3.11. The van der Waals surface area contributed by atoms with Crippen LogP contribution in [0.2, 0.25) is 0 Å². The van der Waals surface area contributed by atoms with Crippen molar-refractivity contribution in [2.75, 3.05) is 13.2 Å². The van der Waals surface area contributed by atoms with Gasteiger partial charge in [-0.3, -0.25) is 9.05 Å². The van der Waals surface area contributed by atoms with Crippen molar-refractivity contribution < 1.29 is 60.6 Å². The second-order valence-electron chi connectivity index (χ2n) is 10.3.